The van der Waals surface area contributed by atoms with Gasteiger partial charge >= 0.3 is 5.97 Å². The van der Waals surface area contributed by atoms with Crippen LogP contribution in [0.25, 0.3) is 10.9 Å². The van der Waals surface area contributed by atoms with Crippen molar-refractivity contribution in [3.63, 3.8) is 0 Å². The Morgan fingerprint density at radius 2 is 2.13 bits per heavy atom. The van der Waals surface area contributed by atoms with E-state index in [1.807, 2.05) is 48.0 Å². The van der Waals surface area contributed by atoms with Gasteiger partial charge in [0.1, 0.15) is 6.04 Å². The molecule has 0 bridgehead atoms. The van der Waals surface area contributed by atoms with Crippen molar-refractivity contribution in [1.82, 2.24) is 4.57 Å². The number of hydrogen-bond acceptors (Lipinski definition) is 1. The first-order valence-corrected chi connectivity index (χ1v) is 5.02. The number of hydrogen-bond donors (Lipinski definition) is 1. The summed E-state index contributed by atoms with van der Waals surface area (Å²) in [6, 6.07) is 9.29. The zero-order chi connectivity index (χ0) is 10.8. The number of carbonyl (C=O) groups is 1. The van der Waals surface area contributed by atoms with E-state index < -0.39 is 12.0 Å². The monoisotopic (exact) mass is 203 g/mol. The van der Waals surface area contributed by atoms with Crippen molar-refractivity contribution in [3.8, 4) is 0 Å². The molecule has 0 fully saturated rings. The lowest BCUT2D eigenvalue weighted by molar-refractivity contribution is -0.140. The van der Waals surface area contributed by atoms with Gasteiger partial charge < -0.3 is 9.67 Å². The highest BCUT2D eigenvalue weighted by Gasteiger charge is 2.17. The lowest BCUT2D eigenvalue weighted by Crippen LogP contribution is -2.17. The van der Waals surface area contributed by atoms with Crippen LogP contribution in [-0.2, 0) is 4.79 Å². The van der Waals surface area contributed by atoms with Gasteiger partial charge in [-0.05, 0) is 23.9 Å². The Labute approximate surface area is 87.9 Å². The van der Waals surface area contributed by atoms with Crippen molar-refractivity contribution >= 4 is 16.9 Å². The lowest BCUT2D eigenvalue weighted by Gasteiger charge is -2.13. The van der Waals surface area contributed by atoms with E-state index in [0.29, 0.717) is 6.42 Å². The van der Waals surface area contributed by atoms with Gasteiger partial charge in [0.2, 0.25) is 0 Å². The van der Waals surface area contributed by atoms with Gasteiger partial charge in [0.25, 0.3) is 0 Å². The first-order valence-electron chi connectivity index (χ1n) is 5.02. The minimum atomic E-state index is -0.779. The molecular weight excluding hydrogens is 190 g/mol. The largest absolute Gasteiger partial charge is 0.480 e. The minimum absolute atomic E-state index is 0.468. The third kappa shape index (κ3) is 1.61. The second-order valence-corrected chi connectivity index (χ2v) is 3.54. The van der Waals surface area contributed by atoms with E-state index >= 15 is 0 Å². The number of benzene rings is 1. The van der Waals surface area contributed by atoms with Gasteiger partial charge in [-0.1, -0.05) is 25.1 Å². The standard InChI is InChI=1S/C12H13NO2/c1-2-10(12(14)15)13-8-7-9-5-3-4-6-11(9)13/h3-8,10H,2H2,1H3,(H,14,15)/t10-/m0/s1. The summed E-state index contributed by atoms with van der Waals surface area (Å²) >= 11 is 0. The molecule has 1 atom stereocenters. The van der Waals surface area contributed by atoms with Crippen molar-refractivity contribution < 1.29 is 9.90 Å². The van der Waals surface area contributed by atoms with Crippen LogP contribution < -0.4 is 0 Å². The van der Waals surface area contributed by atoms with E-state index in [-0.39, 0.29) is 0 Å². The highest BCUT2D eigenvalue weighted by Crippen LogP contribution is 2.21. The molecule has 1 heterocycles. The molecule has 0 amide bonds. The van der Waals surface area contributed by atoms with Crippen LogP contribution in [0.15, 0.2) is 36.5 Å². The lowest BCUT2D eigenvalue weighted by atomic mass is 10.2. The number of aliphatic carboxylic acids is 1. The Morgan fingerprint density at radius 1 is 1.40 bits per heavy atom. The average Bonchev–Trinajstić information content (AvgIpc) is 2.63. The summed E-state index contributed by atoms with van der Waals surface area (Å²) in [6.45, 7) is 1.88. The minimum Gasteiger partial charge on any atom is -0.480 e. The fraction of sp³-hybridized carbons (Fsp3) is 0.250. The number of carboxylic acid groups (broad SMARTS) is 1. The summed E-state index contributed by atoms with van der Waals surface area (Å²) in [7, 11) is 0. The number of rotatable bonds is 3. The summed E-state index contributed by atoms with van der Waals surface area (Å²) in [5, 5.41) is 10.2. The second kappa shape index (κ2) is 3.77. The topological polar surface area (TPSA) is 42.2 Å². The number of carboxylic acids is 1. The van der Waals surface area contributed by atoms with Gasteiger partial charge in [0.15, 0.2) is 0 Å². The molecule has 1 aromatic carbocycles. The van der Waals surface area contributed by atoms with E-state index in [0.717, 1.165) is 10.9 Å². The summed E-state index contributed by atoms with van der Waals surface area (Å²) < 4.78 is 1.82. The molecule has 0 aliphatic rings. The number of para-hydroxylation sites is 1. The van der Waals surface area contributed by atoms with Crippen LogP contribution >= 0.6 is 0 Å². The molecule has 0 unspecified atom stereocenters. The van der Waals surface area contributed by atoms with E-state index in [9.17, 15) is 4.79 Å². The summed E-state index contributed by atoms with van der Waals surface area (Å²) in [5.41, 5.74) is 0.978. The molecule has 0 spiro atoms. The molecule has 0 radical (unpaired) electrons. The summed E-state index contributed by atoms with van der Waals surface area (Å²) in [4.78, 5) is 11.1. The predicted molar refractivity (Wildman–Crippen MR) is 58.9 cm³/mol. The molecule has 1 aromatic heterocycles. The number of nitrogens with zero attached hydrogens (tertiary/aromatic N) is 1. The van der Waals surface area contributed by atoms with Crippen LogP contribution in [0.2, 0.25) is 0 Å². The fourth-order valence-electron chi connectivity index (χ4n) is 1.87. The van der Waals surface area contributed by atoms with Gasteiger partial charge in [0, 0.05) is 11.7 Å². The second-order valence-electron chi connectivity index (χ2n) is 3.54. The van der Waals surface area contributed by atoms with Crippen LogP contribution in [0.1, 0.15) is 19.4 Å². The van der Waals surface area contributed by atoms with Crippen LogP contribution in [0.3, 0.4) is 0 Å². The normalized spacial score (nSPS) is 12.9. The quantitative estimate of drug-likeness (QED) is 0.833. The van der Waals surface area contributed by atoms with Gasteiger partial charge in [0.05, 0.1) is 0 Å². The number of aromatic nitrogens is 1. The maximum atomic E-state index is 11.1. The van der Waals surface area contributed by atoms with Gasteiger partial charge in [-0.2, -0.15) is 0 Å². The molecule has 15 heavy (non-hydrogen) atoms. The highest BCUT2D eigenvalue weighted by atomic mass is 16.4. The molecule has 78 valence electrons. The Bertz CT molecular complexity index is 487. The molecule has 3 nitrogen and oxygen atoms in total. The molecule has 3 heteroatoms. The molecule has 0 saturated carbocycles. The van der Waals surface area contributed by atoms with E-state index in [2.05, 4.69) is 0 Å². The average molecular weight is 203 g/mol. The molecule has 1 N–H and O–H groups in total. The Morgan fingerprint density at radius 3 is 2.80 bits per heavy atom. The SMILES string of the molecule is CC[C@@H](C(=O)O)n1ccc2ccccc21. The predicted octanol–water partition coefficient (Wildman–Crippen LogP) is 2.68. The molecule has 0 saturated heterocycles. The summed E-state index contributed by atoms with van der Waals surface area (Å²) in [5.74, 6) is -0.779. The van der Waals surface area contributed by atoms with Gasteiger partial charge in [-0.25, -0.2) is 4.79 Å². The van der Waals surface area contributed by atoms with Gasteiger partial charge in [-0.15, -0.1) is 0 Å². The van der Waals surface area contributed by atoms with E-state index in [4.69, 9.17) is 5.11 Å². The van der Waals surface area contributed by atoms with Crippen LogP contribution in [0.4, 0.5) is 0 Å². The third-order valence-electron chi connectivity index (χ3n) is 2.64. The van der Waals surface area contributed by atoms with Crippen molar-refractivity contribution in [2.24, 2.45) is 0 Å². The maximum Gasteiger partial charge on any atom is 0.326 e. The smallest absolute Gasteiger partial charge is 0.326 e. The van der Waals surface area contributed by atoms with Crippen molar-refractivity contribution in [2.75, 3.05) is 0 Å². The fourth-order valence-corrected chi connectivity index (χ4v) is 1.87. The molecule has 2 rings (SSSR count). The van der Waals surface area contributed by atoms with Crippen molar-refractivity contribution in [2.45, 2.75) is 19.4 Å². The van der Waals surface area contributed by atoms with Crippen LogP contribution in [0, 0.1) is 0 Å². The first kappa shape index (κ1) is 9.77. The Kier molecular flexibility index (Phi) is 2.46. The summed E-state index contributed by atoms with van der Waals surface area (Å²) in [6.07, 6.45) is 2.43. The van der Waals surface area contributed by atoms with Crippen LogP contribution in [0.5, 0.6) is 0 Å². The molecule has 0 aliphatic heterocycles. The molecular formula is C12H13NO2. The highest BCUT2D eigenvalue weighted by molar-refractivity contribution is 5.83. The molecule has 0 aliphatic carbocycles. The Hall–Kier alpha value is -1.77. The van der Waals surface area contributed by atoms with Crippen LogP contribution in [-0.4, -0.2) is 15.6 Å². The maximum absolute atomic E-state index is 11.1. The Balaban J connectivity index is 2.55. The third-order valence-corrected chi connectivity index (χ3v) is 2.64. The zero-order valence-corrected chi connectivity index (χ0v) is 8.55. The van der Waals surface area contributed by atoms with Crippen molar-refractivity contribution in [3.05, 3.63) is 36.5 Å². The first-order chi connectivity index (χ1) is 7.24. The zero-order valence-electron chi connectivity index (χ0n) is 8.55. The number of fused-ring (bicyclic) bond motifs is 1. The van der Waals surface area contributed by atoms with E-state index in [1.54, 1.807) is 0 Å². The van der Waals surface area contributed by atoms with E-state index in [1.165, 1.54) is 0 Å². The van der Waals surface area contributed by atoms with Crippen molar-refractivity contribution in [1.29, 1.82) is 0 Å². The molecule has 2 aromatic rings. The van der Waals surface area contributed by atoms with Gasteiger partial charge in [-0.3, -0.25) is 0 Å².